The summed E-state index contributed by atoms with van der Waals surface area (Å²) in [5.41, 5.74) is 1.26. The third kappa shape index (κ3) is 1.56. The average Bonchev–Trinajstić information content (AvgIpc) is 2.27. The molecule has 2 heteroatoms. The first-order chi connectivity index (χ1) is 7.83. The lowest BCUT2D eigenvalue weighted by Crippen LogP contribution is -2.34. The Balaban J connectivity index is 1.94. The molecule has 1 atom stereocenters. The minimum atomic E-state index is -0.0785. The van der Waals surface area contributed by atoms with Crippen LogP contribution in [0.2, 0.25) is 0 Å². The molecule has 0 amide bonds. The Morgan fingerprint density at radius 2 is 1.88 bits per heavy atom. The van der Waals surface area contributed by atoms with Crippen LogP contribution in [-0.2, 0) is 16.0 Å². The molecule has 2 nitrogen and oxygen atoms in total. The van der Waals surface area contributed by atoms with Gasteiger partial charge in [-0.1, -0.05) is 42.5 Å². The Hall–Kier alpha value is -1.83. The second-order valence-electron chi connectivity index (χ2n) is 4.16. The molecule has 0 N–H and O–H groups in total. The summed E-state index contributed by atoms with van der Waals surface area (Å²) in [5, 5.41) is 2.50. The first-order valence-corrected chi connectivity index (χ1v) is 5.49. The van der Waals surface area contributed by atoms with E-state index in [0.717, 1.165) is 6.42 Å². The van der Waals surface area contributed by atoms with Gasteiger partial charge in [-0.05, 0) is 16.3 Å². The van der Waals surface area contributed by atoms with Crippen molar-refractivity contribution in [3.8, 4) is 0 Å². The van der Waals surface area contributed by atoms with E-state index in [1.54, 1.807) is 0 Å². The molecule has 0 spiro atoms. The summed E-state index contributed by atoms with van der Waals surface area (Å²) >= 11 is 0. The Labute approximate surface area is 93.8 Å². The topological polar surface area (TPSA) is 26.3 Å². The van der Waals surface area contributed by atoms with E-state index in [1.165, 1.54) is 16.3 Å². The van der Waals surface area contributed by atoms with Gasteiger partial charge in [-0.15, -0.1) is 0 Å². The van der Waals surface area contributed by atoms with E-state index in [0.29, 0.717) is 6.42 Å². The maximum Gasteiger partial charge on any atom is 0.309 e. The third-order valence-corrected chi connectivity index (χ3v) is 3.02. The van der Waals surface area contributed by atoms with Gasteiger partial charge in [-0.25, -0.2) is 0 Å². The summed E-state index contributed by atoms with van der Waals surface area (Å²) in [6, 6.07) is 14.6. The summed E-state index contributed by atoms with van der Waals surface area (Å²) in [6.45, 7) is 0. The van der Waals surface area contributed by atoms with Crippen LogP contribution < -0.4 is 0 Å². The van der Waals surface area contributed by atoms with Crippen molar-refractivity contribution in [1.29, 1.82) is 0 Å². The van der Waals surface area contributed by atoms with E-state index in [1.807, 2.05) is 12.1 Å². The highest BCUT2D eigenvalue weighted by Gasteiger charge is 2.28. The average molecular weight is 212 g/mol. The lowest BCUT2D eigenvalue weighted by Gasteiger charge is -2.25. The first kappa shape index (κ1) is 9.40. The number of carbonyl (C=O) groups excluding carboxylic acids is 1. The van der Waals surface area contributed by atoms with Gasteiger partial charge in [0.15, 0.2) is 0 Å². The third-order valence-electron chi connectivity index (χ3n) is 3.02. The van der Waals surface area contributed by atoms with Gasteiger partial charge in [0.1, 0.15) is 6.10 Å². The summed E-state index contributed by atoms with van der Waals surface area (Å²) in [5.74, 6) is -0.0785. The van der Waals surface area contributed by atoms with Gasteiger partial charge in [-0.3, -0.25) is 4.79 Å². The lowest BCUT2D eigenvalue weighted by molar-refractivity contribution is -0.169. The molecule has 1 saturated heterocycles. The van der Waals surface area contributed by atoms with Crippen LogP contribution in [0.4, 0.5) is 0 Å². The van der Waals surface area contributed by atoms with Gasteiger partial charge < -0.3 is 4.74 Å². The number of ether oxygens (including phenoxy) is 1. The van der Waals surface area contributed by atoms with Gasteiger partial charge in [0, 0.05) is 6.42 Å². The molecule has 2 aromatic carbocycles. The fraction of sp³-hybridized carbons (Fsp3) is 0.214. The van der Waals surface area contributed by atoms with Crippen molar-refractivity contribution in [3.63, 3.8) is 0 Å². The zero-order valence-corrected chi connectivity index (χ0v) is 8.85. The standard InChI is InChI=1S/C14H12O2/c15-14-9-12(16-14)8-11-6-3-5-10-4-1-2-7-13(10)11/h1-7,12H,8-9H2. The van der Waals surface area contributed by atoms with Crippen LogP contribution >= 0.6 is 0 Å². The first-order valence-electron chi connectivity index (χ1n) is 5.49. The lowest BCUT2D eigenvalue weighted by atomic mass is 9.97. The molecule has 3 rings (SSSR count). The molecule has 1 fully saturated rings. The monoisotopic (exact) mass is 212 g/mol. The number of hydrogen-bond acceptors (Lipinski definition) is 2. The minimum absolute atomic E-state index is 0.0785. The molecule has 0 saturated carbocycles. The highest BCUT2D eigenvalue weighted by atomic mass is 16.6. The molecule has 80 valence electrons. The fourth-order valence-corrected chi connectivity index (χ4v) is 2.19. The number of esters is 1. The Kier molecular flexibility index (Phi) is 2.13. The van der Waals surface area contributed by atoms with Crippen LogP contribution in [0.5, 0.6) is 0 Å². The quantitative estimate of drug-likeness (QED) is 0.715. The predicted octanol–water partition coefficient (Wildman–Crippen LogP) is 2.70. The maximum atomic E-state index is 10.7. The van der Waals surface area contributed by atoms with Crippen LogP contribution in [0.3, 0.4) is 0 Å². The van der Waals surface area contributed by atoms with Crippen molar-refractivity contribution < 1.29 is 9.53 Å². The smallest absolute Gasteiger partial charge is 0.309 e. The van der Waals surface area contributed by atoms with E-state index in [-0.39, 0.29) is 12.1 Å². The van der Waals surface area contributed by atoms with Crippen LogP contribution in [0.15, 0.2) is 42.5 Å². The van der Waals surface area contributed by atoms with Crippen molar-refractivity contribution in [2.75, 3.05) is 0 Å². The van der Waals surface area contributed by atoms with Gasteiger partial charge in [0.25, 0.3) is 0 Å². The predicted molar refractivity (Wildman–Crippen MR) is 62.1 cm³/mol. The molecule has 0 radical (unpaired) electrons. The highest BCUT2D eigenvalue weighted by molar-refractivity contribution is 5.86. The zero-order chi connectivity index (χ0) is 11.0. The summed E-state index contributed by atoms with van der Waals surface area (Å²) in [6.07, 6.45) is 1.47. The molecule has 1 aliphatic rings. The molecule has 1 heterocycles. The zero-order valence-electron chi connectivity index (χ0n) is 8.85. The van der Waals surface area contributed by atoms with E-state index in [2.05, 4.69) is 30.3 Å². The molecule has 16 heavy (non-hydrogen) atoms. The van der Waals surface area contributed by atoms with Crippen molar-refractivity contribution in [3.05, 3.63) is 48.0 Å². The second kappa shape index (κ2) is 3.63. The number of carbonyl (C=O) groups is 1. The molecular formula is C14H12O2. The Morgan fingerprint density at radius 1 is 1.12 bits per heavy atom. The van der Waals surface area contributed by atoms with Crippen molar-refractivity contribution in [1.82, 2.24) is 0 Å². The van der Waals surface area contributed by atoms with Gasteiger partial charge in [0.2, 0.25) is 0 Å². The van der Waals surface area contributed by atoms with Crippen LogP contribution in [0.1, 0.15) is 12.0 Å². The van der Waals surface area contributed by atoms with Crippen molar-refractivity contribution in [2.24, 2.45) is 0 Å². The van der Waals surface area contributed by atoms with E-state index < -0.39 is 0 Å². The Morgan fingerprint density at radius 3 is 2.69 bits per heavy atom. The molecule has 1 aliphatic heterocycles. The Bertz CT molecular complexity index is 532. The van der Waals surface area contributed by atoms with Crippen LogP contribution in [0.25, 0.3) is 10.8 Å². The normalized spacial score (nSPS) is 19.2. The van der Waals surface area contributed by atoms with Crippen LogP contribution in [0, 0.1) is 0 Å². The maximum absolute atomic E-state index is 10.7. The molecule has 0 bridgehead atoms. The van der Waals surface area contributed by atoms with E-state index in [9.17, 15) is 4.79 Å². The summed E-state index contributed by atoms with van der Waals surface area (Å²) in [7, 11) is 0. The number of benzene rings is 2. The van der Waals surface area contributed by atoms with Crippen LogP contribution in [-0.4, -0.2) is 12.1 Å². The summed E-state index contributed by atoms with van der Waals surface area (Å²) in [4.78, 5) is 10.7. The number of fused-ring (bicyclic) bond motifs is 1. The van der Waals surface area contributed by atoms with Crippen molar-refractivity contribution in [2.45, 2.75) is 18.9 Å². The van der Waals surface area contributed by atoms with E-state index in [4.69, 9.17) is 4.74 Å². The molecule has 2 aromatic rings. The van der Waals surface area contributed by atoms with Crippen molar-refractivity contribution >= 4 is 16.7 Å². The highest BCUT2D eigenvalue weighted by Crippen LogP contribution is 2.24. The largest absolute Gasteiger partial charge is 0.461 e. The summed E-state index contributed by atoms with van der Waals surface area (Å²) < 4.78 is 5.05. The van der Waals surface area contributed by atoms with Gasteiger partial charge >= 0.3 is 5.97 Å². The van der Waals surface area contributed by atoms with Gasteiger partial charge in [0.05, 0.1) is 6.42 Å². The number of rotatable bonds is 2. The SMILES string of the molecule is O=C1CC(Cc2cccc3ccccc23)O1. The fourth-order valence-electron chi connectivity index (χ4n) is 2.19. The molecule has 1 unspecified atom stereocenters. The molecule has 0 aromatic heterocycles. The second-order valence-corrected chi connectivity index (χ2v) is 4.16. The van der Waals surface area contributed by atoms with E-state index >= 15 is 0 Å². The minimum Gasteiger partial charge on any atom is -0.461 e. The molecular weight excluding hydrogens is 200 g/mol. The number of cyclic esters (lactones) is 1. The number of hydrogen-bond donors (Lipinski definition) is 0. The van der Waals surface area contributed by atoms with Gasteiger partial charge in [-0.2, -0.15) is 0 Å². The molecule has 0 aliphatic carbocycles.